The van der Waals surface area contributed by atoms with E-state index in [0.29, 0.717) is 6.04 Å². The maximum atomic E-state index is 5.26. The molecule has 5 heteroatoms. The lowest BCUT2D eigenvalue weighted by atomic mass is 10.1. The summed E-state index contributed by atoms with van der Waals surface area (Å²) in [6.07, 6.45) is 3.95. The van der Waals surface area contributed by atoms with E-state index in [1.54, 1.807) is 0 Å². The second-order valence-electron chi connectivity index (χ2n) is 4.64. The Morgan fingerprint density at radius 3 is 2.76 bits per heavy atom. The van der Waals surface area contributed by atoms with Gasteiger partial charge in [-0.05, 0) is 27.6 Å². The third-order valence-electron chi connectivity index (χ3n) is 2.76. The molecule has 0 aliphatic heterocycles. The minimum Gasteiger partial charge on any atom is -0.339 e. The summed E-state index contributed by atoms with van der Waals surface area (Å²) in [7, 11) is 6.06. The molecular formula is C12H24N4O. The minimum absolute atomic E-state index is 0.433. The first-order chi connectivity index (χ1) is 8.15. The molecule has 17 heavy (non-hydrogen) atoms. The zero-order valence-electron chi connectivity index (χ0n) is 11.4. The highest BCUT2D eigenvalue weighted by Gasteiger charge is 2.12. The zero-order chi connectivity index (χ0) is 12.7. The topological polar surface area (TPSA) is 54.2 Å². The standard InChI is InChI=1S/C12H24N4O/c1-5-6-10(13-2)9-12-14-11(15-17-12)7-8-16(3)4/h10,13H,5-9H2,1-4H3. The number of hydrogen-bond donors (Lipinski definition) is 1. The first kappa shape index (κ1) is 14.1. The smallest absolute Gasteiger partial charge is 0.228 e. The molecule has 0 bridgehead atoms. The van der Waals surface area contributed by atoms with Crippen molar-refractivity contribution in [1.82, 2.24) is 20.4 Å². The predicted octanol–water partition coefficient (Wildman–Crippen LogP) is 1.10. The van der Waals surface area contributed by atoms with E-state index in [1.807, 2.05) is 21.1 Å². The van der Waals surface area contributed by atoms with Crippen LogP contribution in [0.4, 0.5) is 0 Å². The maximum absolute atomic E-state index is 5.26. The molecule has 1 aromatic heterocycles. The molecule has 1 aromatic rings. The van der Waals surface area contributed by atoms with Gasteiger partial charge in [0.25, 0.3) is 0 Å². The van der Waals surface area contributed by atoms with Gasteiger partial charge in [0.15, 0.2) is 5.82 Å². The highest BCUT2D eigenvalue weighted by Crippen LogP contribution is 2.06. The quantitative estimate of drug-likeness (QED) is 0.737. The third kappa shape index (κ3) is 5.28. The third-order valence-corrected chi connectivity index (χ3v) is 2.76. The number of hydrogen-bond acceptors (Lipinski definition) is 5. The monoisotopic (exact) mass is 240 g/mol. The number of aromatic nitrogens is 2. The van der Waals surface area contributed by atoms with Crippen molar-refractivity contribution in [2.24, 2.45) is 0 Å². The van der Waals surface area contributed by atoms with E-state index in [1.165, 1.54) is 0 Å². The van der Waals surface area contributed by atoms with Crippen molar-refractivity contribution in [2.75, 3.05) is 27.7 Å². The van der Waals surface area contributed by atoms with Crippen molar-refractivity contribution in [2.45, 2.75) is 38.6 Å². The van der Waals surface area contributed by atoms with Gasteiger partial charge < -0.3 is 14.7 Å². The van der Waals surface area contributed by atoms with Crippen LogP contribution in [0, 0.1) is 0 Å². The zero-order valence-corrected chi connectivity index (χ0v) is 11.4. The fraction of sp³-hybridized carbons (Fsp3) is 0.833. The summed E-state index contributed by atoms with van der Waals surface area (Å²) < 4.78 is 5.26. The van der Waals surface area contributed by atoms with Crippen molar-refractivity contribution < 1.29 is 4.52 Å². The van der Waals surface area contributed by atoms with Gasteiger partial charge in [0.1, 0.15) is 0 Å². The molecule has 0 amide bonds. The molecule has 1 rings (SSSR count). The number of likely N-dealkylation sites (N-methyl/N-ethyl adjacent to an activating group) is 2. The van der Waals surface area contributed by atoms with Crippen LogP contribution < -0.4 is 5.32 Å². The van der Waals surface area contributed by atoms with E-state index in [9.17, 15) is 0 Å². The van der Waals surface area contributed by atoms with Gasteiger partial charge in [0.2, 0.25) is 5.89 Å². The molecule has 0 radical (unpaired) electrons. The van der Waals surface area contributed by atoms with Crippen LogP contribution in [0.25, 0.3) is 0 Å². The normalized spacial score (nSPS) is 13.2. The Balaban J connectivity index is 2.44. The molecule has 1 unspecified atom stereocenters. The highest BCUT2D eigenvalue weighted by atomic mass is 16.5. The molecule has 0 aromatic carbocycles. The van der Waals surface area contributed by atoms with Gasteiger partial charge in [-0.15, -0.1) is 0 Å². The molecule has 1 atom stereocenters. The Bertz CT molecular complexity index is 311. The molecule has 0 fully saturated rings. The summed E-state index contributed by atoms with van der Waals surface area (Å²) in [5, 5.41) is 7.27. The Labute approximate surface area is 104 Å². The fourth-order valence-corrected chi connectivity index (χ4v) is 1.71. The molecule has 0 aliphatic rings. The van der Waals surface area contributed by atoms with E-state index in [4.69, 9.17) is 4.52 Å². The maximum Gasteiger partial charge on any atom is 0.228 e. The summed E-state index contributed by atoms with van der Waals surface area (Å²) in [6, 6.07) is 0.433. The van der Waals surface area contributed by atoms with Gasteiger partial charge in [-0.3, -0.25) is 0 Å². The van der Waals surface area contributed by atoms with Crippen molar-refractivity contribution in [3.05, 3.63) is 11.7 Å². The van der Waals surface area contributed by atoms with Crippen LogP contribution in [0.2, 0.25) is 0 Å². The number of nitrogens with zero attached hydrogens (tertiary/aromatic N) is 3. The summed E-state index contributed by atoms with van der Waals surface area (Å²) in [6.45, 7) is 3.13. The average molecular weight is 240 g/mol. The first-order valence-corrected chi connectivity index (χ1v) is 6.29. The van der Waals surface area contributed by atoms with Crippen molar-refractivity contribution in [1.29, 1.82) is 0 Å². The van der Waals surface area contributed by atoms with Gasteiger partial charge in [-0.1, -0.05) is 18.5 Å². The molecular weight excluding hydrogens is 216 g/mol. The van der Waals surface area contributed by atoms with Crippen LogP contribution in [-0.2, 0) is 12.8 Å². The second kappa shape index (κ2) is 7.40. The Hall–Kier alpha value is -0.940. The lowest BCUT2D eigenvalue weighted by Crippen LogP contribution is -2.27. The molecule has 0 saturated carbocycles. The average Bonchev–Trinajstić information content (AvgIpc) is 2.73. The van der Waals surface area contributed by atoms with Gasteiger partial charge in [-0.25, -0.2) is 0 Å². The van der Waals surface area contributed by atoms with E-state index < -0.39 is 0 Å². The Morgan fingerprint density at radius 1 is 1.41 bits per heavy atom. The van der Waals surface area contributed by atoms with E-state index >= 15 is 0 Å². The predicted molar refractivity (Wildman–Crippen MR) is 68.0 cm³/mol. The van der Waals surface area contributed by atoms with Gasteiger partial charge in [-0.2, -0.15) is 4.98 Å². The first-order valence-electron chi connectivity index (χ1n) is 6.29. The molecule has 0 aliphatic carbocycles. The summed E-state index contributed by atoms with van der Waals surface area (Å²) >= 11 is 0. The van der Waals surface area contributed by atoms with Crippen LogP contribution in [-0.4, -0.2) is 48.8 Å². The van der Waals surface area contributed by atoms with Crippen LogP contribution in [0.5, 0.6) is 0 Å². The summed E-state index contributed by atoms with van der Waals surface area (Å²) in [4.78, 5) is 6.52. The molecule has 98 valence electrons. The van der Waals surface area contributed by atoms with Crippen molar-refractivity contribution in [3.63, 3.8) is 0 Å². The second-order valence-corrected chi connectivity index (χ2v) is 4.64. The molecule has 1 N–H and O–H groups in total. The van der Waals surface area contributed by atoms with E-state index in [2.05, 4.69) is 27.3 Å². The Morgan fingerprint density at radius 2 is 2.18 bits per heavy atom. The van der Waals surface area contributed by atoms with Crippen LogP contribution in [0.15, 0.2) is 4.52 Å². The van der Waals surface area contributed by atoms with Crippen LogP contribution in [0.1, 0.15) is 31.5 Å². The summed E-state index contributed by atoms with van der Waals surface area (Å²) in [5.41, 5.74) is 0. The van der Waals surface area contributed by atoms with Crippen LogP contribution in [0.3, 0.4) is 0 Å². The number of nitrogens with one attached hydrogen (secondary N) is 1. The van der Waals surface area contributed by atoms with E-state index in [0.717, 1.165) is 43.9 Å². The molecule has 5 nitrogen and oxygen atoms in total. The van der Waals surface area contributed by atoms with Crippen molar-refractivity contribution in [3.8, 4) is 0 Å². The van der Waals surface area contributed by atoms with E-state index in [-0.39, 0.29) is 0 Å². The SMILES string of the molecule is CCCC(Cc1nc(CCN(C)C)no1)NC. The van der Waals surface area contributed by atoms with Gasteiger partial charge in [0.05, 0.1) is 0 Å². The minimum atomic E-state index is 0.433. The fourth-order valence-electron chi connectivity index (χ4n) is 1.71. The number of rotatable bonds is 8. The van der Waals surface area contributed by atoms with Crippen molar-refractivity contribution >= 4 is 0 Å². The molecule has 0 saturated heterocycles. The van der Waals surface area contributed by atoms with Crippen LogP contribution >= 0.6 is 0 Å². The molecule has 0 spiro atoms. The van der Waals surface area contributed by atoms with Gasteiger partial charge in [0, 0.05) is 25.4 Å². The highest BCUT2D eigenvalue weighted by molar-refractivity contribution is 4.90. The lowest BCUT2D eigenvalue weighted by Gasteiger charge is -2.11. The largest absolute Gasteiger partial charge is 0.339 e. The summed E-state index contributed by atoms with van der Waals surface area (Å²) in [5.74, 6) is 1.55. The Kier molecular flexibility index (Phi) is 6.15. The van der Waals surface area contributed by atoms with Gasteiger partial charge >= 0.3 is 0 Å². The lowest BCUT2D eigenvalue weighted by molar-refractivity contribution is 0.348. The molecule has 1 heterocycles.